The fraction of sp³-hybridized carbons (Fsp3) is 0.864. The minimum absolute atomic E-state index is 0.0257. The number of methoxy groups -OCH3 is 1. The number of carbonyl (C=O) groups is 3. The number of nitrogens with zero attached hydrogens (tertiary/aromatic N) is 2. The smallest absolute Gasteiger partial charge is 0.245 e. The Hall–Kier alpha value is -1.67. The molecular formula is C22H44N4O4. The molecule has 5 atom stereocenters. The average molecular weight is 429 g/mol. The highest BCUT2D eigenvalue weighted by Crippen LogP contribution is 2.23. The van der Waals surface area contributed by atoms with E-state index < -0.39 is 18.1 Å². The quantitative estimate of drug-likeness (QED) is 0.462. The third-order valence-electron chi connectivity index (χ3n) is 5.79. The third-order valence-corrected chi connectivity index (χ3v) is 5.79. The van der Waals surface area contributed by atoms with Gasteiger partial charge in [-0.25, -0.2) is 0 Å². The Labute approximate surface area is 182 Å². The van der Waals surface area contributed by atoms with Crippen molar-refractivity contribution in [3.63, 3.8) is 0 Å². The van der Waals surface area contributed by atoms with Gasteiger partial charge in [0.05, 0.1) is 24.6 Å². The van der Waals surface area contributed by atoms with Gasteiger partial charge >= 0.3 is 0 Å². The molecule has 0 saturated heterocycles. The maximum Gasteiger partial charge on any atom is 0.245 e. The van der Waals surface area contributed by atoms with Crippen molar-refractivity contribution in [3.8, 4) is 0 Å². The van der Waals surface area contributed by atoms with Gasteiger partial charge in [-0.05, 0) is 31.8 Å². The molecule has 8 nitrogen and oxygen atoms in total. The van der Waals surface area contributed by atoms with Crippen LogP contribution in [0.15, 0.2) is 0 Å². The van der Waals surface area contributed by atoms with Crippen molar-refractivity contribution in [1.82, 2.24) is 15.1 Å². The molecule has 0 fully saturated rings. The number of carbonyl (C=O) groups excluding carboxylic acids is 3. The lowest BCUT2D eigenvalue weighted by molar-refractivity contribution is -0.144. The number of nitrogens with one attached hydrogen (secondary N) is 1. The molecule has 0 radical (unpaired) electrons. The molecule has 0 bridgehead atoms. The van der Waals surface area contributed by atoms with Gasteiger partial charge in [-0.2, -0.15) is 0 Å². The summed E-state index contributed by atoms with van der Waals surface area (Å²) in [5.41, 5.74) is 5.40. The van der Waals surface area contributed by atoms with Gasteiger partial charge in [0.15, 0.2) is 0 Å². The number of amides is 3. The van der Waals surface area contributed by atoms with Gasteiger partial charge in [-0.1, -0.05) is 48.0 Å². The maximum atomic E-state index is 13.5. The highest BCUT2D eigenvalue weighted by molar-refractivity contribution is 5.90. The molecule has 0 spiro atoms. The third kappa shape index (κ3) is 7.87. The second kappa shape index (κ2) is 12.9. The van der Waals surface area contributed by atoms with Crippen LogP contribution >= 0.6 is 0 Å². The first-order chi connectivity index (χ1) is 13.8. The number of likely N-dealkylation sites (N-methyl/N-ethyl adjacent to an activating group) is 2. The van der Waals surface area contributed by atoms with E-state index in [9.17, 15) is 14.4 Å². The number of hydrogen-bond acceptors (Lipinski definition) is 5. The largest absolute Gasteiger partial charge is 0.379 e. The van der Waals surface area contributed by atoms with Gasteiger partial charge in [0.2, 0.25) is 17.7 Å². The molecule has 3 N–H and O–H groups in total. The SMILES string of the molecule is CCC(C)[C@@H](C(CC(N)=O)OC)N(C)C(=O)[C@@H](NC(=O)[C@H](C(C)C)N(C)C)C(C)C. The first-order valence-electron chi connectivity index (χ1n) is 10.8. The van der Waals surface area contributed by atoms with Gasteiger partial charge in [-0.3, -0.25) is 19.3 Å². The Morgan fingerprint density at radius 3 is 1.87 bits per heavy atom. The van der Waals surface area contributed by atoms with Gasteiger partial charge < -0.3 is 20.7 Å². The summed E-state index contributed by atoms with van der Waals surface area (Å²) >= 11 is 0. The van der Waals surface area contributed by atoms with Crippen molar-refractivity contribution in [2.24, 2.45) is 23.5 Å². The highest BCUT2D eigenvalue weighted by atomic mass is 16.5. The van der Waals surface area contributed by atoms with Crippen molar-refractivity contribution in [3.05, 3.63) is 0 Å². The van der Waals surface area contributed by atoms with E-state index in [4.69, 9.17) is 10.5 Å². The molecule has 2 unspecified atom stereocenters. The first kappa shape index (κ1) is 28.3. The van der Waals surface area contributed by atoms with Crippen LogP contribution in [0.4, 0.5) is 0 Å². The molecule has 8 heteroatoms. The summed E-state index contributed by atoms with van der Waals surface area (Å²) in [6, 6.07) is -1.36. The fourth-order valence-electron chi connectivity index (χ4n) is 4.03. The van der Waals surface area contributed by atoms with Crippen molar-refractivity contribution in [2.45, 2.75) is 78.6 Å². The Bertz CT molecular complexity index is 557. The number of ether oxygens (including phenoxy) is 1. The summed E-state index contributed by atoms with van der Waals surface area (Å²) in [5.74, 6) is -0.768. The molecule has 0 aromatic heterocycles. The van der Waals surface area contributed by atoms with Crippen molar-refractivity contribution >= 4 is 17.7 Å². The minimum Gasteiger partial charge on any atom is -0.379 e. The topological polar surface area (TPSA) is 105 Å². The summed E-state index contributed by atoms with van der Waals surface area (Å²) in [4.78, 5) is 41.5. The Kier molecular flexibility index (Phi) is 12.2. The maximum absolute atomic E-state index is 13.5. The van der Waals surface area contributed by atoms with Crippen molar-refractivity contribution in [1.29, 1.82) is 0 Å². The molecule has 0 heterocycles. The van der Waals surface area contributed by atoms with E-state index in [1.807, 2.05) is 60.5 Å². The van der Waals surface area contributed by atoms with E-state index in [2.05, 4.69) is 5.32 Å². The van der Waals surface area contributed by atoms with Gasteiger partial charge in [-0.15, -0.1) is 0 Å². The zero-order valence-electron chi connectivity index (χ0n) is 20.6. The second-order valence-electron chi connectivity index (χ2n) is 9.15. The van der Waals surface area contributed by atoms with Gasteiger partial charge in [0.1, 0.15) is 6.04 Å². The molecular weight excluding hydrogens is 384 g/mol. The van der Waals surface area contributed by atoms with E-state index in [0.29, 0.717) is 0 Å². The molecule has 0 rings (SSSR count). The molecule has 0 aromatic rings. The zero-order chi connectivity index (χ0) is 23.8. The summed E-state index contributed by atoms with van der Waals surface area (Å²) in [7, 11) is 6.94. The van der Waals surface area contributed by atoms with Crippen LogP contribution in [0.5, 0.6) is 0 Å². The highest BCUT2D eigenvalue weighted by Gasteiger charge is 2.38. The summed E-state index contributed by atoms with van der Waals surface area (Å²) in [6.45, 7) is 11.8. The fourth-order valence-corrected chi connectivity index (χ4v) is 4.03. The lowest BCUT2D eigenvalue weighted by Crippen LogP contribution is -2.59. The van der Waals surface area contributed by atoms with Crippen molar-refractivity contribution in [2.75, 3.05) is 28.3 Å². The van der Waals surface area contributed by atoms with Crippen LogP contribution in [0.3, 0.4) is 0 Å². The van der Waals surface area contributed by atoms with E-state index in [1.165, 1.54) is 7.11 Å². The number of rotatable bonds is 13. The lowest BCUT2D eigenvalue weighted by atomic mass is 9.90. The molecule has 0 saturated carbocycles. The Morgan fingerprint density at radius 1 is 1.00 bits per heavy atom. The summed E-state index contributed by atoms with van der Waals surface area (Å²) in [5, 5.41) is 2.97. The van der Waals surface area contributed by atoms with Crippen LogP contribution in [0.1, 0.15) is 54.4 Å². The standard InChI is InChI=1S/C22H44N4O4/c1-11-15(6)20(16(30-10)12-17(23)27)26(9)22(29)18(13(2)3)24-21(28)19(14(4)5)25(7)8/h13-16,18-20H,11-12H2,1-10H3,(H2,23,27)(H,24,28)/t15?,16?,18-,19-,20-/m0/s1. The van der Waals surface area contributed by atoms with Crippen LogP contribution in [0.2, 0.25) is 0 Å². The van der Waals surface area contributed by atoms with Crippen LogP contribution < -0.4 is 11.1 Å². The Morgan fingerprint density at radius 2 is 1.53 bits per heavy atom. The monoisotopic (exact) mass is 428 g/mol. The van der Waals surface area contributed by atoms with Gasteiger partial charge in [0, 0.05) is 14.2 Å². The number of primary amides is 1. The molecule has 176 valence electrons. The molecule has 0 aliphatic carbocycles. The van der Waals surface area contributed by atoms with E-state index in [-0.39, 0.29) is 48.1 Å². The molecule has 0 aliphatic heterocycles. The molecule has 0 aliphatic rings. The van der Waals surface area contributed by atoms with Crippen LogP contribution in [0.25, 0.3) is 0 Å². The number of hydrogen-bond donors (Lipinski definition) is 2. The lowest BCUT2D eigenvalue weighted by Gasteiger charge is -2.40. The van der Waals surface area contributed by atoms with Gasteiger partial charge in [0.25, 0.3) is 0 Å². The average Bonchev–Trinajstić information content (AvgIpc) is 2.63. The predicted molar refractivity (Wildman–Crippen MR) is 120 cm³/mol. The van der Waals surface area contributed by atoms with E-state index in [1.54, 1.807) is 11.9 Å². The summed E-state index contributed by atoms with van der Waals surface area (Å²) in [6.07, 6.45) is 0.313. The van der Waals surface area contributed by atoms with E-state index in [0.717, 1.165) is 6.42 Å². The molecule has 3 amide bonds. The Balaban J connectivity index is 5.80. The van der Waals surface area contributed by atoms with E-state index >= 15 is 0 Å². The van der Waals surface area contributed by atoms with Crippen molar-refractivity contribution < 1.29 is 19.1 Å². The first-order valence-corrected chi connectivity index (χ1v) is 10.8. The molecule has 30 heavy (non-hydrogen) atoms. The minimum atomic E-state index is -0.679. The normalized spacial score (nSPS) is 16.8. The van der Waals surface area contributed by atoms with Crippen LogP contribution in [-0.4, -0.2) is 80.0 Å². The predicted octanol–water partition coefficient (Wildman–Crippen LogP) is 1.48. The summed E-state index contributed by atoms with van der Waals surface area (Å²) < 4.78 is 5.55. The van der Waals surface area contributed by atoms with Crippen LogP contribution in [0, 0.1) is 17.8 Å². The molecule has 0 aromatic carbocycles. The second-order valence-corrected chi connectivity index (χ2v) is 9.15. The van der Waals surface area contributed by atoms with Crippen LogP contribution in [-0.2, 0) is 19.1 Å². The number of nitrogens with two attached hydrogens (primary N) is 1. The zero-order valence-corrected chi connectivity index (χ0v) is 20.6.